The number of likely N-dealkylation sites (tertiary alicyclic amines) is 1. The van der Waals surface area contributed by atoms with E-state index in [2.05, 4.69) is 10.2 Å². The lowest BCUT2D eigenvalue weighted by Crippen LogP contribution is -2.52. The summed E-state index contributed by atoms with van der Waals surface area (Å²) < 4.78 is 0. The first-order valence-electron chi connectivity index (χ1n) is 7.40. The number of piperazine rings is 1. The smallest absolute Gasteiger partial charge is 0.227 e. The average molecular weight is 306 g/mol. The number of amides is 1. The molecular weight excluding hydrogens is 278 g/mol. The van der Waals surface area contributed by atoms with Gasteiger partial charge in [0.05, 0.1) is 11.5 Å². The van der Waals surface area contributed by atoms with Crippen LogP contribution in [0.3, 0.4) is 0 Å². The highest BCUT2D eigenvalue weighted by Crippen LogP contribution is 2.20. The second kappa shape index (κ2) is 7.59. The zero-order chi connectivity index (χ0) is 13.9. The van der Waals surface area contributed by atoms with Gasteiger partial charge in [0.1, 0.15) is 0 Å². The highest BCUT2D eigenvalue weighted by atomic mass is 35.5. The standard InChI is InChI=1S/C14H27N3O2.ClH/c1-14(2,19)11-16-7-3-4-12(10-16)13(18)17-8-5-15-6-9-17;/h12,15,19H,3-11H2,1-2H3;1H. The largest absolute Gasteiger partial charge is 0.389 e. The first kappa shape index (κ1) is 17.7. The molecule has 6 heteroatoms. The number of aliphatic hydroxyl groups is 1. The van der Waals surface area contributed by atoms with Crippen LogP contribution < -0.4 is 5.32 Å². The summed E-state index contributed by atoms with van der Waals surface area (Å²) in [5.74, 6) is 0.427. The van der Waals surface area contributed by atoms with E-state index in [9.17, 15) is 9.90 Å². The van der Waals surface area contributed by atoms with Crippen LogP contribution in [-0.4, -0.2) is 72.2 Å². The zero-order valence-corrected chi connectivity index (χ0v) is 13.4. The molecule has 0 saturated carbocycles. The molecule has 0 aliphatic carbocycles. The van der Waals surface area contributed by atoms with Crippen LogP contribution in [0.25, 0.3) is 0 Å². The summed E-state index contributed by atoms with van der Waals surface area (Å²) in [4.78, 5) is 16.7. The van der Waals surface area contributed by atoms with Gasteiger partial charge in [-0.3, -0.25) is 9.69 Å². The van der Waals surface area contributed by atoms with Crippen molar-refractivity contribution in [3.63, 3.8) is 0 Å². The van der Waals surface area contributed by atoms with Crippen molar-refractivity contribution in [1.29, 1.82) is 0 Å². The van der Waals surface area contributed by atoms with Crippen molar-refractivity contribution in [1.82, 2.24) is 15.1 Å². The fraction of sp³-hybridized carbons (Fsp3) is 0.929. The van der Waals surface area contributed by atoms with E-state index in [1.54, 1.807) is 0 Å². The van der Waals surface area contributed by atoms with Gasteiger partial charge >= 0.3 is 0 Å². The Hall–Kier alpha value is -0.360. The fourth-order valence-electron chi connectivity index (χ4n) is 3.09. The molecule has 1 amide bonds. The molecular formula is C14H28ClN3O2. The maximum atomic E-state index is 12.5. The third-order valence-electron chi connectivity index (χ3n) is 3.89. The van der Waals surface area contributed by atoms with Crippen molar-refractivity contribution >= 4 is 18.3 Å². The second-order valence-electron chi connectivity index (χ2n) is 6.46. The van der Waals surface area contributed by atoms with Crippen LogP contribution in [0.15, 0.2) is 0 Å². The maximum absolute atomic E-state index is 12.5. The number of piperidine rings is 1. The molecule has 0 bridgehead atoms. The number of β-amino-alcohol motifs (C(OH)–C–C–N with tert-alkyl or cyclic N) is 1. The number of hydrogen-bond donors (Lipinski definition) is 2. The number of carbonyl (C=O) groups excluding carboxylic acids is 1. The third kappa shape index (κ3) is 5.20. The second-order valence-corrected chi connectivity index (χ2v) is 6.46. The zero-order valence-electron chi connectivity index (χ0n) is 12.6. The highest BCUT2D eigenvalue weighted by Gasteiger charge is 2.31. The third-order valence-corrected chi connectivity index (χ3v) is 3.89. The summed E-state index contributed by atoms with van der Waals surface area (Å²) in [5.41, 5.74) is -0.681. The normalized spacial score (nSPS) is 25.1. The van der Waals surface area contributed by atoms with Gasteiger partial charge in [0.2, 0.25) is 5.91 Å². The van der Waals surface area contributed by atoms with E-state index in [0.29, 0.717) is 12.5 Å². The number of nitrogens with zero attached hydrogens (tertiary/aromatic N) is 2. The van der Waals surface area contributed by atoms with Gasteiger partial charge in [-0.25, -0.2) is 0 Å². The molecule has 0 aromatic heterocycles. The van der Waals surface area contributed by atoms with Gasteiger partial charge in [0.15, 0.2) is 0 Å². The van der Waals surface area contributed by atoms with Crippen LogP contribution in [0.5, 0.6) is 0 Å². The van der Waals surface area contributed by atoms with Gasteiger partial charge in [-0.05, 0) is 33.2 Å². The molecule has 2 fully saturated rings. The fourth-order valence-corrected chi connectivity index (χ4v) is 3.09. The van der Waals surface area contributed by atoms with Gasteiger partial charge < -0.3 is 15.3 Å². The molecule has 5 nitrogen and oxygen atoms in total. The summed E-state index contributed by atoms with van der Waals surface area (Å²) >= 11 is 0. The summed E-state index contributed by atoms with van der Waals surface area (Å²) in [7, 11) is 0. The Labute approximate surface area is 128 Å². The summed E-state index contributed by atoms with van der Waals surface area (Å²) in [5, 5.41) is 13.2. The highest BCUT2D eigenvalue weighted by molar-refractivity contribution is 5.85. The van der Waals surface area contributed by atoms with Gasteiger partial charge in [-0.15, -0.1) is 12.4 Å². The predicted molar refractivity (Wildman–Crippen MR) is 82.2 cm³/mol. The Balaban J connectivity index is 0.00000200. The minimum atomic E-state index is -0.681. The van der Waals surface area contributed by atoms with E-state index >= 15 is 0 Å². The van der Waals surface area contributed by atoms with Crippen molar-refractivity contribution < 1.29 is 9.90 Å². The maximum Gasteiger partial charge on any atom is 0.227 e. The summed E-state index contributed by atoms with van der Waals surface area (Å²) in [6.45, 7) is 9.59. The first-order valence-corrected chi connectivity index (χ1v) is 7.40. The predicted octanol–water partition coefficient (Wildman–Crippen LogP) is 0.323. The number of hydrogen-bond acceptors (Lipinski definition) is 4. The molecule has 2 aliphatic rings. The topological polar surface area (TPSA) is 55.8 Å². The van der Waals surface area contributed by atoms with Gasteiger partial charge in [0, 0.05) is 39.3 Å². The van der Waals surface area contributed by atoms with Crippen LogP contribution >= 0.6 is 12.4 Å². The Bertz CT molecular complexity index is 314. The van der Waals surface area contributed by atoms with Crippen LogP contribution in [0.2, 0.25) is 0 Å². The molecule has 118 valence electrons. The molecule has 20 heavy (non-hydrogen) atoms. The number of halogens is 1. The van der Waals surface area contributed by atoms with E-state index in [1.807, 2.05) is 18.7 Å². The van der Waals surface area contributed by atoms with Gasteiger partial charge in [0.25, 0.3) is 0 Å². The van der Waals surface area contributed by atoms with Crippen LogP contribution in [-0.2, 0) is 4.79 Å². The lowest BCUT2D eigenvalue weighted by molar-refractivity contribution is -0.138. The van der Waals surface area contributed by atoms with Crippen molar-refractivity contribution in [2.75, 3.05) is 45.8 Å². The Morgan fingerprint density at radius 2 is 1.95 bits per heavy atom. The molecule has 2 N–H and O–H groups in total. The number of carbonyl (C=O) groups is 1. The van der Waals surface area contributed by atoms with Gasteiger partial charge in [-0.1, -0.05) is 0 Å². The van der Waals surface area contributed by atoms with E-state index in [0.717, 1.165) is 52.1 Å². The minimum Gasteiger partial charge on any atom is -0.389 e. The van der Waals surface area contributed by atoms with E-state index in [1.165, 1.54) is 0 Å². The van der Waals surface area contributed by atoms with Crippen LogP contribution in [0.4, 0.5) is 0 Å². The quantitative estimate of drug-likeness (QED) is 0.789. The summed E-state index contributed by atoms with van der Waals surface area (Å²) in [6.07, 6.45) is 2.05. The van der Waals surface area contributed by atoms with Crippen molar-refractivity contribution in [3.05, 3.63) is 0 Å². The molecule has 2 aliphatic heterocycles. The van der Waals surface area contributed by atoms with E-state index in [-0.39, 0.29) is 18.3 Å². The monoisotopic (exact) mass is 305 g/mol. The molecule has 0 spiro atoms. The van der Waals surface area contributed by atoms with Gasteiger partial charge in [-0.2, -0.15) is 0 Å². The molecule has 2 rings (SSSR count). The Kier molecular flexibility index (Phi) is 6.72. The molecule has 1 atom stereocenters. The van der Waals surface area contributed by atoms with Crippen LogP contribution in [0.1, 0.15) is 26.7 Å². The van der Waals surface area contributed by atoms with Crippen molar-refractivity contribution in [2.24, 2.45) is 5.92 Å². The number of nitrogens with one attached hydrogen (secondary N) is 1. The lowest BCUT2D eigenvalue weighted by Gasteiger charge is -2.38. The molecule has 0 aromatic rings. The van der Waals surface area contributed by atoms with Crippen molar-refractivity contribution in [2.45, 2.75) is 32.3 Å². The molecule has 0 aromatic carbocycles. The Morgan fingerprint density at radius 3 is 2.55 bits per heavy atom. The average Bonchev–Trinajstić information content (AvgIpc) is 2.37. The molecule has 2 saturated heterocycles. The molecule has 1 unspecified atom stereocenters. The molecule has 0 radical (unpaired) electrons. The lowest BCUT2D eigenvalue weighted by atomic mass is 9.95. The van der Waals surface area contributed by atoms with E-state index in [4.69, 9.17) is 0 Å². The first-order chi connectivity index (χ1) is 8.96. The van der Waals surface area contributed by atoms with Crippen LogP contribution in [0, 0.1) is 5.92 Å². The van der Waals surface area contributed by atoms with E-state index < -0.39 is 5.60 Å². The minimum absolute atomic E-state index is 0. The number of rotatable bonds is 3. The summed E-state index contributed by atoms with van der Waals surface area (Å²) in [6, 6.07) is 0. The Morgan fingerprint density at radius 1 is 1.30 bits per heavy atom. The SMILES string of the molecule is CC(C)(O)CN1CCCC(C(=O)N2CCNCC2)C1.Cl. The van der Waals surface area contributed by atoms with Crippen molar-refractivity contribution in [3.8, 4) is 0 Å². The molecule has 2 heterocycles.